The first-order valence-electron chi connectivity index (χ1n) is 10.0. The highest BCUT2D eigenvalue weighted by atomic mass is 32.1. The molecule has 0 aliphatic heterocycles. The average Bonchev–Trinajstić information content (AvgIpc) is 2.76. The molecule has 0 aliphatic carbocycles. The highest BCUT2D eigenvalue weighted by molar-refractivity contribution is 7.80. The second-order valence-corrected chi connectivity index (χ2v) is 7.80. The molecule has 0 saturated carbocycles. The van der Waals surface area contributed by atoms with Gasteiger partial charge in [-0.1, -0.05) is 12.1 Å². The second-order valence-electron chi connectivity index (χ2n) is 7.44. The van der Waals surface area contributed by atoms with Gasteiger partial charge in [0, 0.05) is 12.2 Å². The Labute approximate surface area is 200 Å². The van der Waals surface area contributed by atoms with Gasteiger partial charge in [0.25, 0.3) is 0 Å². The molecule has 13 nitrogen and oxygen atoms in total. The van der Waals surface area contributed by atoms with Crippen molar-refractivity contribution in [2.75, 3.05) is 5.75 Å². The molecule has 0 aromatic heterocycles. The van der Waals surface area contributed by atoms with Gasteiger partial charge in [0.05, 0.1) is 12.5 Å². The fourth-order valence-electron chi connectivity index (χ4n) is 2.68. The summed E-state index contributed by atoms with van der Waals surface area (Å²) in [4.78, 5) is 59.9. The lowest BCUT2D eigenvalue weighted by Gasteiger charge is -2.25. The Kier molecular flexibility index (Phi) is 11.3. The number of carbonyl (C=O) groups is 5. The van der Waals surface area contributed by atoms with Crippen molar-refractivity contribution < 1.29 is 44.4 Å². The Morgan fingerprint density at radius 1 is 0.912 bits per heavy atom. The largest absolute Gasteiger partial charge is 0.508 e. The molecular formula is C20H28N4O9S. The number of rotatable bonds is 13. The molecule has 188 valence electrons. The van der Waals surface area contributed by atoms with Gasteiger partial charge in [-0.15, -0.1) is 0 Å². The Morgan fingerprint density at radius 3 is 1.88 bits per heavy atom. The van der Waals surface area contributed by atoms with Crippen LogP contribution in [0.2, 0.25) is 0 Å². The summed E-state index contributed by atoms with van der Waals surface area (Å²) in [5, 5.41) is 43.7. The van der Waals surface area contributed by atoms with Crippen molar-refractivity contribution in [1.82, 2.24) is 16.0 Å². The number of phenols is 1. The molecule has 9 N–H and O–H groups in total. The van der Waals surface area contributed by atoms with Crippen molar-refractivity contribution in [1.29, 1.82) is 0 Å². The molecular weight excluding hydrogens is 472 g/mol. The van der Waals surface area contributed by atoms with Gasteiger partial charge in [0.2, 0.25) is 17.7 Å². The number of carboxylic acid groups (broad SMARTS) is 2. The number of nitrogens with one attached hydrogen (secondary N) is 3. The minimum Gasteiger partial charge on any atom is -0.508 e. The van der Waals surface area contributed by atoms with Gasteiger partial charge in [0.15, 0.2) is 0 Å². The summed E-state index contributed by atoms with van der Waals surface area (Å²) in [7, 11) is 0. The van der Waals surface area contributed by atoms with Crippen molar-refractivity contribution in [2.24, 2.45) is 5.73 Å². The normalized spacial score (nSPS) is 15.2. The molecule has 3 amide bonds. The van der Waals surface area contributed by atoms with Crippen LogP contribution in [0.3, 0.4) is 0 Å². The zero-order valence-corrected chi connectivity index (χ0v) is 19.1. The van der Waals surface area contributed by atoms with E-state index in [4.69, 9.17) is 10.8 Å². The van der Waals surface area contributed by atoms with Gasteiger partial charge >= 0.3 is 11.9 Å². The lowest BCUT2D eigenvalue weighted by Crippen LogP contribution is -2.59. The zero-order chi connectivity index (χ0) is 26.0. The number of hydrogen-bond donors (Lipinski definition) is 9. The molecule has 0 bridgehead atoms. The molecule has 0 aliphatic rings. The maximum Gasteiger partial charge on any atom is 0.326 e. The lowest BCUT2D eigenvalue weighted by molar-refractivity contribution is -0.147. The Bertz CT molecular complexity index is 895. The van der Waals surface area contributed by atoms with E-state index in [1.165, 1.54) is 31.2 Å². The van der Waals surface area contributed by atoms with Gasteiger partial charge in [-0.25, -0.2) is 4.79 Å². The summed E-state index contributed by atoms with van der Waals surface area (Å²) in [6.07, 6.45) is -2.25. The van der Waals surface area contributed by atoms with Crippen LogP contribution in [0.15, 0.2) is 24.3 Å². The standard InChI is InChI=1S/C20H28N4O9S/c1-9(25)16(21)19(31)24-14(8-34)18(30)22-12(6-10-2-4-11(26)5-3-10)17(29)23-13(20(32)33)7-15(27)28/h2-5,9,12-14,16,25-26,34H,6-8,21H2,1H3,(H,22,30)(H,23,29)(H,24,31)(H,27,28)(H,32,33). The van der Waals surface area contributed by atoms with Crippen LogP contribution in [0, 0.1) is 0 Å². The summed E-state index contributed by atoms with van der Waals surface area (Å²) in [5.41, 5.74) is 6.02. The van der Waals surface area contributed by atoms with Crippen LogP contribution in [0.4, 0.5) is 0 Å². The predicted molar refractivity (Wildman–Crippen MR) is 121 cm³/mol. The molecule has 0 fully saturated rings. The van der Waals surface area contributed by atoms with E-state index in [0.29, 0.717) is 5.56 Å². The zero-order valence-electron chi connectivity index (χ0n) is 18.2. The minimum atomic E-state index is -1.76. The molecule has 0 spiro atoms. The van der Waals surface area contributed by atoms with Crippen LogP contribution < -0.4 is 21.7 Å². The smallest absolute Gasteiger partial charge is 0.326 e. The maximum atomic E-state index is 12.8. The number of aliphatic hydroxyl groups excluding tert-OH is 1. The fraction of sp³-hybridized carbons (Fsp3) is 0.450. The second kappa shape index (κ2) is 13.4. The van der Waals surface area contributed by atoms with Crippen molar-refractivity contribution >= 4 is 42.3 Å². The van der Waals surface area contributed by atoms with E-state index in [2.05, 4.69) is 28.6 Å². The number of aromatic hydroxyl groups is 1. The first-order chi connectivity index (χ1) is 15.8. The van der Waals surface area contributed by atoms with Crippen LogP contribution in [-0.4, -0.2) is 86.1 Å². The summed E-state index contributed by atoms with van der Waals surface area (Å²) in [6.45, 7) is 1.29. The number of amides is 3. The molecule has 1 rings (SSSR count). The quantitative estimate of drug-likeness (QED) is 0.130. The molecule has 14 heteroatoms. The van der Waals surface area contributed by atoms with Crippen molar-refractivity contribution in [2.45, 2.75) is 50.0 Å². The molecule has 34 heavy (non-hydrogen) atoms. The summed E-state index contributed by atoms with van der Waals surface area (Å²) in [6, 6.07) is -0.106. The van der Waals surface area contributed by atoms with Crippen LogP contribution in [0.1, 0.15) is 18.9 Å². The van der Waals surface area contributed by atoms with E-state index in [1.54, 1.807) is 0 Å². The SMILES string of the molecule is CC(O)C(N)C(=O)NC(CS)C(=O)NC(Cc1ccc(O)cc1)C(=O)NC(CC(=O)O)C(=O)O. The number of aliphatic hydroxyl groups is 1. The number of carbonyl (C=O) groups excluding carboxylic acids is 3. The van der Waals surface area contributed by atoms with Crippen LogP contribution >= 0.6 is 12.6 Å². The van der Waals surface area contributed by atoms with Crippen LogP contribution in [0.5, 0.6) is 5.75 Å². The monoisotopic (exact) mass is 500 g/mol. The van der Waals surface area contributed by atoms with Gasteiger partial charge in [-0.3, -0.25) is 19.2 Å². The third kappa shape index (κ3) is 9.25. The van der Waals surface area contributed by atoms with Gasteiger partial charge < -0.3 is 42.1 Å². The number of thiol groups is 1. The number of benzene rings is 1. The molecule has 5 unspecified atom stereocenters. The highest BCUT2D eigenvalue weighted by Crippen LogP contribution is 2.12. The molecule has 1 aromatic carbocycles. The molecule has 0 heterocycles. The van der Waals surface area contributed by atoms with Crippen molar-refractivity contribution in [3.8, 4) is 5.75 Å². The van der Waals surface area contributed by atoms with Crippen LogP contribution in [0.25, 0.3) is 0 Å². The van der Waals surface area contributed by atoms with E-state index in [1.807, 2.05) is 0 Å². The highest BCUT2D eigenvalue weighted by Gasteiger charge is 2.31. The predicted octanol–water partition coefficient (Wildman–Crippen LogP) is -2.41. The van der Waals surface area contributed by atoms with Gasteiger partial charge in [-0.05, 0) is 24.6 Å². The van der Waals surface area contributed by atoms with E-state index in [-0.39, 0.29) is 17.9 Å². The van der Waals surface area contributed by atoms with E-state index < -0.39 is 66.4 Å². The number of hydrogen-bond acceptors (Lipinski definition) is 9. The van der Waals surface area contributed by atoms with Crippen LogP contribution in [-0.2, 0) is 30.4 Å². The topological polar surface area (TPSA) is 228 Å². The molecule has 1 aromatic rings. The summed E-state index contributed by atoms with van der Waals surface area (Å²) in [5.74, 6) is -5.97. The fourth-order valence-corrected chi connectivity index (χ4v) is 2.93. The van der Waals surface area contributed by atoms with Gasteiger partial charge in [-0.2, -0.15) is 12.6 Å². The third-order valence-corrected chi connectivity index (χ3v) is 5.01. The average molecular weight is 501 g/mol. The first kappa shape index (κ1) is 28.7. The summed E-state index contributed by atoms with van der Waals surface area (Å²) < 4.78 is 0. The number of carboxylic acids is 2. The van der Waals surface area contributed by atoms with E-state index in [0.717, 1.165) is 0 Å². The van der Waals surface area contributed by atoms with Crippen molar-refractivity contribution in [3.63, 3.8) is 0 Å². The Balaban J connectivity index is 3.08. The summed E-state index contributed by atoms with van der Waals surface area (Å²) >= 11 is 4.00. The van der Waals surface area contributed by atoms with Gasteiger partial charge in [0.1, 0.15) is 29.9 Å². The first-order valence-corrected chi connectivity index (χ1v) is 10.7. The molecule has 5 atom stereocenters. The Morgan fingerprint density at radius 2 is 1.41 bits per heavy atom. The minimum absolute atomic E-state index is 0.0477. The Hall–Kier alpha value is -3.36. The third-order valence-electron chi connectivity index (χ3n) is 4.64. The van der Waals surface area contributed by atoms with E-state index >= 15 is 0 Å². The molecule has 0 saturated heterocycles. The number of aliphatic carboxylic acids is 2. The lowest BCUT2D eigenvalue weighted by atomic mass is 10.0. The van der Waals surface area contributed by atoms with Crippen molar-refractivity contribution in [3.05, 3.63) is 29.8 Å². The number of nitrogens with two attached hydrogens (primary N) is 1. The molecule has 0 radical (unpaired) electrons. The van der Waals surface area contributed by atoms with E-state index in [9.17, 15) is 39.3 Å². The number of phenolic OH excluding ortho intramolecular Hbond substituents is 1. The maximum absolute atomic E-state index is 12.8.